The van der Waals surface area contributed by atoms with Crippen LogP contribution >= 0.6 is 0 Å². The molecule has 0 spiro atoms. The van der Waals surface area contributed by atoms with E-state index in [0.717, 1.165) is 75.5 Å². The summed E-state index contributed by atoms with van der Waals surface area (Å²) in [6.45, 7) is 3.03. The number of likely N-dealkylation sites (tertiary alicyclic amines) is 1. The molecule has 4 heteroatoms. The van der Waals surface area contributed by atoms with E-state index < -0.39 is 11.6 Å². The fourth-order valence-corrected chi connectivity index (χ4v) is 5.96. The molecule has 4 rings (SSSR count). The number of quaternary nitrogens is 1. The predicted octanol–water partition coefficient (Wildman–Crippen LogP) is 5.24. The Hall–Kier alpha value is -2.17. The zero-order chi connectivity index (χ0) is 23.2. The number of aryl methyl sites for hydroxylation is 1. The highest BCUT2D eigenvalue weighted by Crippen LogP contribution is 2.41. The molecule has 0 bridgehead atoms. The molecule has 1 aliphatic heterocycles. The van der Waals surface area contributed by atoms with Crippen LogP contribution in [-0.4, -0.2) is 48.3 Å². The van der Waals surface area contributed by atoms with Crippen molar-refractivity contribution in [2.75, 3.05) is 26.7 Å². The number of hydrogen-bond acceptors (Lipinski definition) is 3. The minimum absolute atomic E-state index is 0.0727. The first-order valence-electron chi connectivity index (χ1n) is 12.9. The lowest BCUT2D eigenvalue weighted by molar-refractivity contribution is -0.917. The number of benzene rings is 2. The minimum atomic E-state index is -1.55. The van der Waals surface area contributed by atoms with Gasteiger partial charge in [-0.15, -0.1) is 0 Å². The second-order valence-electron chi connectivity index (χ2n) is 10.5. The molecule has 1 saturated carbocycles. The number of likely N-dealkylation sites (N-methyl/N-ethyl adjacent to an activating group) is 1. The summed E-state index contributed by atoms with van der Waals surface area (Å²) in [6.07, 6.45) is 9.05. The van der Waals surface area contributed by atoms with Gasteiger partial charge >= 0.3 is 5.97 Å². The number of piperidine rings is 1. The van der Waals surface area contributed by atoms with E-state index in [1.165, 1.54) is 12.0 Å². The van der Waals surface area contributed by atoms with E-state index in [1.807, 2.05) is 30.3 Å². The van der Waals surface area contributed by atoms with Gasteiger partial charge in [0.1, 0.15) is 6.54 Å². The van der Waals surface area contributed by atoms with Crippen LogP contribution in [0.1, 0.15) is 62.5 Å². The summed E-state index contributed by atoms with van der Waals surface area (Å²) in [6, 6.07) is 20.1. The van der Waals surface area contributed by atoms with Gasteiger partial charge in [0.05, 0.1) is 20.1 Å². The topological polar surface area (TPSA) is 46.5 Å². The van der Waals surface area contributed by atoms with E-state index >= 15 is 0 Å². The lowest BCUT2D eigenvalue weighted by Gasteiger charge is -2.42. The van der Waals surface area contributed by atoms with E-state index in [-0.39, 0.29) is 12.0 Å². The Bertz CT molecular complexity index is 880. The molecule has 3 unspecified atom stereocenters. The number of aliphatic hydroxyl groups is 1. The zero-order valence-corrected chi connectivity index (χ0v) is 20.1. The third-order valence-corrected chi connectivity index (χ3v) is 7.87. The Balaban J connectivity index is 1.41. The summed E-state index contributed by atoms with van der Waals surface area (Å²) in [5, 5.41) is 11.8. The molecule has 2 fully saturated rings. The van der Waals surface area contributed by atoms with Gasteiger partial charge in [0.15, 0.2) is 11.7 Å². The Morgan fingerprint density at radius 3 is 2.33 bits per heavy atom. The lowest BCUT2D eigenvalue weighted by atomic mass is 9.73. The van der Waals surface area contributed by atoms with Gasteiger partial charge in [-0.25, -0.2) is 4.79 Å². The minimum Gasteiger partial charge on any atom is -0.454 e. The van der Waals surface area contributed by atoms with Crippen molar-refractivity contribution in [3.05, 3.63) is 71.8 Å². The summed E-state index contributed by atoms with van der Waals surface area (Å²) in [5.74, 6) is -0.514. The fourth-order valence-electron chi connectivity index (χ4n) is 5.96. The van der Waals surface area contributed by atoms with Gasteiger partial charge in [-0.1, -0.05) is 79.9 Å². The zero-order valence-electron chi connectivity index (χ0n) is 20.1. The summed E-state index contributed by atoms with van der Waals surface area (Å²) in [4.78, 5) is 13.6. The molecule has 2 aromatic carbocycles. The van der Waals surface area contributed by atoms with Crippen molar-refractivity contribution >= 4 is 5.97 Å². The Morgan fingerprint density at radius 2 is 1.64 bits per heavy atom. The van der Waals surface area contributed by atoms with Gasteiger partial charge in [0.25, 0.3) is 0 Å². The number of rotatable bonds is 8. The average molecular weight is 451 g/mol. The molecule has 1 heterocycles. The van der Waals surface area contributed by atoms with Crippen LogP contribution in [0.3, 0.4) is 0 Å². The van der Waals surface area contributed by atoms with Crippen molar-refractivity contribution in [2.24, 2.45) is 5.92 Å². The number of ether oxygens (including phenoxy) is 1. The average Bonchev–Trinajstić information content (AvgIpc) is 2.85. The monoisotopic (exact) mass is 450 g/mol. The van der Waals surface area contributed by atoms with Crippen LogP contribution in [0.4, 0.5) is 0 Å². The largest absolute Gasteiger partial charge is 0.454 e. The van der Waals surface area contributed by atoms with Crippen molar-refractivity contribution in [1.82, 2.24) is 0 Å². The van der Waals surface area contributed by atoms with Gasteiger partial charge in [0, 0.05) is 18.8 Å². The molecule has 1 aliphatic carbocycles. The van der Waals surface area contributed by atoms with Crippen LogP contribution in [0.15, 0.2) is 60.7 Å². The predicted molar refractivity (Wildman–Crippen MR) is 132 cm³/mol. The third kappa shape index (κ3) is 5.85. The first-order chi connectivity index (χ1) is 16.0. The first-order valence-corrected chi connectivity index (χ1v) is 12.9. The summed E-state index contributed by atoms with van der Waals surface area (Å²) in [5.41, 5.74) is 0.512. The number of carbonyl (C=O) groups excluding carboxylic acids is 1. The Labute approximate surface area is 199 Å². The van der Waals surface area contributed by atoms with Crippen molar-refractivity contribution in [3.63, 3.8) is 0 Å². The number of carbonyl (C=O) groups is 1. The van der Waals surface area contributed by atoms with Crippen molar-refractivity contribution in [3.8, 4) is 0 Å². The smallest absolute Gasteiger partial charge is 0.343 e. The van der Waals surface area contributed by atoms with E-state index in [9.17, 15) is 9.90 Å². The normalized spacial score (nSPS) is 25.8. The lowest BCUT2D eigenvalue weighted by Crippen LogP contribution is -2.55. The van der Waals surface area contributed by atoms with Crippen molar-refractivity contribution in [2.45, 2.75) is 69.5 Å². The van der Waals surface area contributed by atoms with Crippen LogP contribution < -0.4 is 0 Å². The summed E-state index contributed by atoms with van der Waals surface area (Å²) < 4.78 is 7.05. The van der Waals surface area contributed by atoms with Gasteiger partial charge in [-0.3, -0.25) is 0 Å². The van der Waals surface area contributed by atoms with Gasteiger partial charge in [-0.2, -0.15) is 0 Å². The molecule has 2 aliphatic rings. The van der Waals surface area contributed by atoms with Crippen molar-refractivity contribution < 1.29 is 19.1 Å². The van der Waals surface area contributed by atoms with Crippen LogP contribution in [0.5, 0.6) is 0 Å². The van der Waals surface area contributed by atoms with Crippen LogP contribution in [0, 0.1) is 5.92 Å². The Kier molecular flexibility index (Phi) is 7.87. The Morgan fingerprint density at radius 1 is 0.970 bits per heavy atom. The van der Waals surface area contributed by atoms with Crippen LogP contribution in [0.25, 0.3) is 0 Å². The molecule has 1 saturated heterocycles. The maximum absolute atomic E-state index is 13.6. The molecule has 3 atom stereocenters. The maximum atomic E-state index is 13.6. The number of hydrogen-bond donors (Lipinski definition) is 1. The molecular formula is C29H40NO3+. The third-order valence-electron chi connectivity index (χ3n) is 7.87. The van der Waals surface area contributed by atoms with E-state index in [2.05, 4.69) is 37.4 Å². The maximum Gasteiger partial charge on any atom is 0.343 e. The van der Waals surface area contributed by atoms with E-state index in [4.69, 9.17) is 4.74 Å². The number of nitrogens with zero attached hydrogens (tertiary/aromatic N) is 1. The van der Waals surface area contributed by atoms with Gasteiger partial charge in [0.2, 0.25) is 0 Å². The van der Waals surface area contributed by atoms with E-state index in [0.29, 0.717) is 5.56 Å². The molecule has 4 nitrogen and oxygen atoms in total. The molecule has 0 aromatic heterocycles. The van der Waals surface area contributed by atoms with Gasteiger partial charge in [-0.05, 0) is 36.8 Å². The molecule has 0 amide bonds. The second-order valence-corrected chi connectivity index (χ2v) is 10.5. The first kappa shape index (κ1) is 24.0. The second kappa shape index (κ2) is 10.8. The highest BCUT2D eigenvalue weighted by molar-refractivity contribution is 5.81. The molecule has 33 heavy (non-hydrogen) atoms. The summed E-state index contributed by atoms with van der Waals surface area (Å²) in [7, 11) is 2.29. The van der Waals surface area contributed by atoms with Crippen LogP contribution in [-0.2, 0) is 21.6 Å². The molecule has 0 radical (unpaired) electrons. The van der Waals surface area contributed by atoms with Crippen LogP contribution in [0.2, 0.25) is 0 Å². The molecule has 1 N–H and O–H groups in total. The van der Waals surface area contributed by atoms with E-state index in [1.54, 1.807) is 0 Å². The highest BCUT2D eigenvalue weighted by atomic mass is 16.6. The van der Waals surface area contributed by atoms with Crippen molar-refractivity contribution in [1.29, 1.82) is 0 Å². The highest BCUT2D eigenvalue weighted by Gasteiger charge is 2.48. The summed E-state index contributed by atoms with van der Waals surface area (Å²) >= 11 is 0. The molecular weight excluding hydrogens is 410 g/mol. The molecule has 178 valence electrons. The quantitative estimate of drug-likeness (QED) is 0.442. The van der Waals surface area contributed by atoms with Gasteiger partial charge < -0.3 is 14.3 Å². The fraction of sp³-hybridized carbons (Fsp3) is 0.552. The standard InChI is InChI=1S/C29H40NO3/c1-30(21-11-15-24-13-5-2-6-14-24)22-12-20-27(23-30)33-28(31)29(32,25-16-7-3-8-17-25)26-18-9-4-10-19-26/h2-3,5-8,13-14,16-17,26-27,32H,4,9-12,15,18-23H2,1H3/q+1. The SMILES string of the molecule is C[N+]1(CCCc2ccccc2)CCCC(OC(=O)C(O)(c2ccccc2)C2CCCCC2)C1. The molecule has 2 aromatic rings. The number of esters is 1.